The third-order valence-corrected chi connectivity index (χ3v) is 6.97. The fourth-order valence-corrected chi connectivity index (χ4v) is 4.82. The third-order valence-electron chi connectivity index (χ3n) is 6.97. The summed E-state index contributed by atoms with van der Waals surface area (Å²) >= 11 is 0. The molecule has 3 aliphatic heterocycles. The lowest BCUT2D eigenvalue weighted by Crippen LogP contribution is -2.63. The SMILES string of the molecule is O=C1C[C@@H](c2ccccc2)Oc2cc(O[C@@H]3O[C@H](CO)[C@@H](O)[C@@H](O)[C@H]3O[C@@H]3OC[C@H](O)[C@H](O)[C@@H]3O)cc(O)c21. The van der Waals surface area contributed by atoms with Crippen LogP contribution in [0.3, 0.4) is 0 Å². The second-order valence-corrected chi connectivity index (χ2v) is 9.64. The monoisotopic (exact) mass is 550 g/mol. The second-order valence-electron chi connectivity index (χ2n) is 9.64. The first-order chi connectivity index (χ1) is 18.7. The lowest BCUT2D eigenvalue weighted by atomic mass is 9.95. The van der Waals surface area contributed by atoms with Gasteiger partial charge in [-0.25, -0.2) is 0 Å². The number of aliphatic hydroxyl groups is 6. The molecule has 13 nitrogen and oxygen atoms in total. The summed E-state index contributed by atoms with van der Waals surface area (Å²) in [6, 6.07) is 11.5. The van der Waals surface area contributed by atoms with Gasteiger partial charge in [-0.2, -0.15) is 0 Å². The van der Waals surface area contributed by atoms with Crippen molar-refractivity contribution in [3.05, 3.63) is 53.6 Å². The number of ether oxygens (including phenoxy) is 5. The highest BCUT2D eigenvalue weighted by molar-refractivity contribution is 6.02. The van der Waals surface area contributed by atoms with Crippen LogP contribution in [0.25, 0.3) is 0 Å². The van der Waals surface area contributed by atoms with Crippen molar-refractivity contribution in [1.82, 2.24) is 0 Å². The van der Waals surface area contributed by atoms with Gasteiger partial charge in [-0.15, -0.1) is 0 Å². The summed E-state index contributed by atoms with van der Waals surface area (Å²) in [5, 5.41) is 71.3. The van der Waals surface area contributed by atoms with Gasteiger partial charge in [0.1, 0.15) is 65.5 Å². The van der Waals surface area contributed by atoms with E-state index in [0.717, 1.165) is 11.6 Å². The van der Waals surface area contributed by atoms with E-state index in [1.807, 2.05) is 6.07 Å². The molecule has 2 fully saturated rings. The average molecular weight is 551 g/mol. The standard InChI is InChI=1S/C26H30O13/c27-9-18-21(32)22(33)24(39-25-23(34)20(31)15(30)10-35-25)26(38-18)36-12-6-13(28)19-14(29)8-16(37-17(19)7-12)11-4-2-1-3-5-11/h1-7,15-16,18,20-28,30-34H,8-10H2/t15-,16-,18+,20-,21+,22+,23-,24+,25-,26+/m0/s1. The molecule has 0 bridgehead atoms. The van der Waals surface area contributed by atoms with E-state index >= 15 is 0 Å². The molecule has 7 N–H and O–H groups in total. The number of hydrogen-bond acceptors (Lipinski definition) is 13. The quantitative estimate of drug-likeness (QED) is 0.225. The predicted molar refractivity (Wildman–Crippen MR) is 128 cm³/mol. The summed E-state index contributed by atoms with van der Waals surface area (Å²) in [4.78, 5) is 12.8. The minimum atomic E-state index is -1.72. The Labute approximate surface area is 222 Å². The van der Waals surface area contributed by atoms with Crippen molar-refractivity contribution in [2.45, 2.75) is 67.8 Å². The van der Waals surface area contributed by atoms with Crippen LogP contribution < -0.4 is 9.47 Å². The van der Waals surface area contributed by atoms with Crippen molar-refractivity contribution < 1.29 is 64.2 Å². The van der Waals surface area contributed by atoms with Crippen LogP contribution in [0.15, 0.2) is 42.5 Å². The summed E-state index contributed by atoms with van der Waals surface area (Å²) in [6.07, 6.45) is -14.5. The van der Waals surface area contributed by atoms with Gasteiger partial charge in [0, 0.05) is 12.1 Å². The average Bonchev–Trinajstić information content (AvgIpc) is 2.92. The number of ketones is 1. The van der Waals surface area contributed by atoms with Crippen LogP contribution in [0, 0.1) is 0 Å². The molecule has 10 atom stereocenters. The number of carbonyl (C=O) groups excluding carboxylic acids is 1. The number of Topliss-reactive ketones (excluding diaryl/α,β-unsaturated/α-hetero) is 1. The highest BCUT2D eigenvalue weighted by Gasteiger charge is 2.50. The first kappa shape index (κ1) is 27.7. The molecular weight excluding hydrogens is 520 g/mol. The van der Waals surface area contributed by atoms with Crippen LogP contribution in [-0.2, 0) is 14.2 Å². The minimum absolute atomic E-state index is 0.0128. The van der Waals surface area contributed by atoms with Crippen LogP contribution in [0.4, 0.5) is 0 Å². The number of benzene rings is 2. The molecule has 0 aromatic heterocycles. The van der Waals surface area contributed by atoms with Gasteiger partial charge in [-0.3, -0.25) is 4.79 Å². The maximum atomic E-state index is 12.8. The van der Waals surface area contributed by atoms with Crippen LogP contribution in [-0.4, -0.2) is 110 Å². The molecule has 2 aromatic rings. The van der Waals surface area contributed by atoms with Gasteiger partial charge in [0.15, 0.2) is 18.2 Å². The van der Waals surface area contributed by atoms with Gasteiger partial charge in [-0.05, 0) is 5.56 Å². The zero-order valence-electron chi connectivity index (χ0n) is 20.5. The first-order valence-electron chi connectivity index (χ1n) is 12.4. The molecule has 0 saturated carbocycles. The number of phenols is 1. The van der Waals surface area contributed by atoms with E-state index < -0.39 is 73.8 Å². The fraction of sp³-hybridized carbons (Fsp3) is 0.500. The van der Waals surface area contributed by atoms with Crippen molar-refractivity contribution in [3.63, 3.8) is 0 Å². The highest BCUT2D eigenvalue weighted by atomic mass is 16.8. The number of hydrogen-bond donors (Lipinski definition) is 7. The maximum Gasteiger partial charge on any atom is 0.229 e. The van der Waals surface area contributed by atoms with Gasteiger partial charge in [0.2, 0.25) is 6.29 Å². The van der Waals surface area contributed by atoms with Crippen molar-refractivity contribution in [2.75, 3.05) is 13.2 Å². The number of rotatable bonds is 6. The number of fused-ring (bicyclic) bond motifs is 1. The lowest BCUT2D eigenvalue weighted by Gasteiger charge is -2.44. The van der Waals surface area contributed by atoms with Crippen LogP contribution in [0.5, 0.6) is 17.2 Å². The van der Waals surface area contributed by atoms with Crippen LogP contribution in [0.1, 0.15) is 28.4 Å². The Balaban J connectivity index is 1.41. The van der Waals surface area contributed by atoms with Crippen LogP contribution in [0.2, 0.25) is 0 Å². The Morgan fingerprint density at radius 1 is 0.923 bits per heavy atom. The molecule has 13 heteroatoms. The molecule has 212 valence electrons. The van der Waals surface area contributed by atoms with Crippen molar-refractivity contribution in [1.29, 1.82) is 0 Å². The van der Waals surface area contributed by atoms with E-state index in [0.29, 0.717) is 0 Å². The van der Waals surface area contributed by atoms with Gasteiger partial charge >= 0.3 is 0 Å². The van der Waals surface area contributed by atoms with E-state index in [9.17, 15) is 40.5 Å². The van der Waals surface area contributed by atoms with Crippen molar-refractivity contribution >= 4 is 5.78 Å². The maximum absolute atomic E-state index is 12.8. The smallest absolute Gasteiger partial charge is 0.229 e. The molecule has 0 unspecified atom stereocenters. The number of aliphatic hydroxyl groups excluding tert-OH is 6. The van der Waals surface area contributed by atoms with Gasteiger partial charge in [-0.1, -0.05) is 30.3 Å². The summed E-state index contributed by atoms with van der Waals surface area (Å²) in [5.41, 5.74) is 0.731. The zero-order chi connectivity index (χ0) is 27.8. The molecule has 0 aliphatic carbocycles. The molecule has 0 spiro atoms. The first-order valence-corrected chi connectivity index (χ1v) is 12.4. The summed E-state index contributed by atoms with van der Waals surface area (Å²) in [5.74, 6) is -0.778. The van der Waals surface area contributed by atoms with E-state index in [4.69, 9.17) is 23.7 Å². The topological polar surface area (TPSA) is 205 Å². The van der Waals surface area contributed by atoms with Gasteiger partial charge in [0.05, 0.1) is 19.6 Å². The second kappa shape index (κ2) is 11.3. The van der Waals surface area contributed by atoms with Crippen molar-refractivity contribution in [2.24, 2.45) is 0 Å². The zero-order valence-corrected chi connectivity index (χ0v) is 20.5. The number of aromatic hydroxyl groups is 1. The molecule has 5 rings (SSSR count). The minimum Gasteiger partial charge on any atom is -0.507 e. The highest BCUT2D eigenvalue weighted by Crippen LogP contribution is 2.42. The number of phenolic OH excluding ortho intramolecular Hbond substituents is 1. The predicted octanol–water partition coefficient (Wildman–Crippen LogP) is -1.26. The lowest BCUT2D eigenvalue weighted by molar-refractivity contribution is -0.344. The van der Waals surface area contributed by atoms with E-state index in [1.54, 1.807) is 24.3 Å². The Morgan fingerprint density at radius 2 is 1.67 bits per heavy atom. The molecule has 39 heavy (non-hydrogen) atoms. The summed E-state index contributed by atoms with van der Waals surface area (Å²) < 4.78 is 28.3. The summed E-state index contributed by atoms with van der Waals surface area (Å²) in [7, 11) is 0. The molecule has 0 amide bonds. The molecule has 3 heterocycles. The van der Waals surface area contributed by atoms with E-state index in [2.05, 4.69) is 0 Å². The fourth-order valence-electron chi connectivity index (χ4n) is 4.82. The summed E-state index contributed by atoms with van der Waals surface area (Å²) in [6.45, 7) is -1.07. The Hall–Kier alpha value is -2.85. The Kier molecular flexibility index (Phi) is 8.05. The Bertz CT molecular complexity index is 1160. The normalized spacial score (nSPS) is 36.6. The molecule has 0 radical (unpaired) electrons. The molecular formula is C26H30O13. The van der Waals surface area contributed by atoms with Crippen LogP contribution >= 0.6 is 0 Å². The van der Waals surface area contributed by atoms with Gasteiger partial charge in [0.25, 0.3) is 0 Å². The molecule has 3 aliphatic rings. The van der Waals surface area contributed by atoms with Gasteiger partial charge < -0.3 is 59.4 Å². The third kappa shape index (κ3) is 5.45. The Morgan fingerprint density at radius 3 is 2.38 bits per heavy atom. The van der Waals surface area contributed by atoms with Crippen molar-refractivity contribution in [3.8, 4) is 17.2 Å². The largest absolute Gasteiger partial charge is 0.507 e. The van der Waals surface area contributed by atoms with E-state index in [-0.39, 0.29) is 35.9 Å². The molecule has 2 saturated heterocycles. The van der Waals surface area contributed by atoms with E-state index in [1.165, 1.54) is 6.07 Å². The number of carbonyl (C=O) groups is 1. The molecule has 2 aromatic carbocycles.